The molecule has 0 unspecified atom stereocenters. The fourth-order valence-electron chi connectivity index (χ4n) is 2.23. The molecule has 0 aromatic carbocycles. The summed E-state index contributed by atoms with van der Waals surface area (Å²) in [6.07, 6.45) is 3.36. The number of nitrogens with one attached hydrogen (secondary N) is 1. The van der Waals surface area contributed by atoms with Crippen LogP contribution in [0.3, 0.4) is 0 Å². The second-order valence-corrected chi connectivity index (χ2v) is 5.61. The molecule has 1 heterocycles. The third-order valence-electron chi connectivity index (χ3n) is 3.35. The molecule has 0 spiro atoms. The second-order valence-electron chi connectivity index (χ2n) is 5.61. The number of aromatic nitrogens is 1. The molecule has 0 aliphatic carbocycles. The minimum absolute atomic E-state index is 0.0301. The van der Waals surface area contributed by atoms with Crippen molar-refractivity contribution in [2.45, 2.75) is 34.6 Å². The quantitative estimate of drug-likeness (QED) is 0.870. The number of hydrogen-bond donors (Lipinski definition) is 1. The van der Waals surface area contributed by atoms with Crippen molar-refractivity contribution in [2.75, 3.05) is 6.54 Å². The lowest BCUT2D eigenvalue weighted by atomic mass is 9.85. The molecule has 1 aromatic heterocycles. The molecule has 0 aliphatic heterocycles. The van der Waals surface area contributed by atoms with Gasteiger partial charge in [-0.25, -0.2) is 0 Å². The lowest BCUT2D eigenvalue weighted by Crippen LogP contribution is -2.34. The first-order valence-corrected chi connectivity index (χ1v) is 6.61. The summed E-state index contributed by atoms with van der Waals surface area (Å²) in [5, 5.41) is 3.01. The van der Waals surface area contributed by atoms with E-state index in [0.29, 0.717) is 23.3 Å². The molecule has 1 rings (SSSR count). The smallest absolute Gasteiger partial charge is 0.252 e. The Morgan fingerprint density at radius 1 is 1.22 bits per heavy atom. The zero-order chi connectivity index (χ0) is 13.7. The molecule has 0 saturated carbocycles. The van der Waals surface area contributed by atoms with Crippen LogP contribution < -0.4 is 5.32 Å². The largest absolute Gasteiger partial charge is 0.352 e. The predicted molar refractivity (Wildman–Crippen MR) is 74.5 cm³/mol. The molecular weight excluding hydrogens is 224 g/mol. The normalized spacial score (nSPS) is 11.3. The lowest BCUT2D eigenvalue weighted by molar-refractivity contribution is 0.0936. The SMILES string of the molecule is Cc1cncc(C(=O)NCC(C(C)C)C(C)C)c1. The number of nitrogens with zero attached hydrogens (tertiary/aromatic N) is 1. The van der Waals surface area contributed by atoms with Crippen LogP contribution in [0.4, 0.5) is 0 Å². The van der Waals surface area contributed by atoms with Crippen LogP contribution in [0, 0.1) is 24.7 Å². The van der Waals surface area contributed by atoms with Crippen molar-refractivity contribution in [3.63, 3.8) is 0 Å². The number of aryl methyl sites for hydroxylation is 1. The van der Waals surface area contributed by atoms with Gasteiger partial charge in [0.05, 0.1) is 5.56 Å². The van der Waals surface area contributed by atoms with Crippen LogP contribution in [0.25, 0.3) is 0 Å². The lowest BCUT2D eigenvalue weighted by Gasteiger charge is -2.25. The van der Waals surface area contributed by atoms with Gasteiger partial charge in [-0.1, -0.05) is 27.7 Å². The van der Waals surface area contributed by atoms with Crippen LogP contribution in [0.15, 0.2) is 18.5 Å². The van der Waals surface area contributed by atoms with Crippen molar-refractivity contribution in [2.24, 2.45) is 17.8 Å². The fraction of sp³-hybridized carbons (Fsp3) is 0.600. The Morgan fingerprint density at radius 2 is 1.83 bits per heavy atom. The second kappa shape index (κ2) is 6.53. The molecule has 1 aromatic rings. The van der Waals surface area contributed by atoms with E-state index in [2.05, 4.69) is 38.0 Å². The standard InChI is InChI=1S/C15H24N2O/c1-10(2)14(11(3)4)9-17-15(18)13-6-12(5)7-16-8-13/h6-8,10-11,14H,9H2,1-5H3,(H,17,18). The zero-order valence-electron chi connectivity index (χ0n) is 12.0. The Bertz CT molecular complexity index is 391. The van der Waals surface area contributed by atoms with Crippen molar-refractivity contribution in [1.29, 1.82) is 0 Å². The van der Waals surface area contributed by atoms with Gasteiger partial charge in [-0.3, -0.25) is 9.78 Å². The number of hydrogen-bond acceptors (Lipinski definition) is 2. The fourth-order valence-corrected chi connectivity index (χ4v) is 2.23. The molecule has 0 saturated heterocycles. The Labute approximate surface area is 110 Å². The Kier molecular flexibility index (Phi) is 5.32. The van der Waals surface area contributed by atoms with Gasteiger partial charge in [0.2, 0.25) is 0 Å². The average molecular weight is 248 g/mol. The summed E-state index contributed by atoms with van der Waals surface area (Å²) in [6, 6.07) is 1.86. The van der Waals surface area contributed by atoms with Crippen LogP contribution in [-0.2, 0) is 0 Å². The molecule has 18 heavy (non-hydrogen) atoms. The van der Waals surface area contributed by atoms with Gasteiger partial charge in [0.1, 0.15) is 0 Å². The van der Waals surface area contributed by atoms with E-state index in [-0.39, 0.29) is 5.91 Å². The zero-order valence-corrected chi connectivity index (χ0v) is 12.0. The summed E-state index contributed by atoms with van der Waals surface area (Å²) in [7, 11) is 0. The summed E-state index contributed by atoms with van der Waals surface area (Å²) in [5.74, 6) is 1.62. The minimum Gasteiger partial charge on any atom is -0.352 e. The molecule has 0 radical (unpaired) electrons. The van der Waals surface area contributed by atoms with Gasteiger partial charge < -0.3 is 5.32 Å². The molecule has 0 fully saturated rings. The average Bonchev–Trinajstić information content (AvgIpc) is 2.28. The number of carbonyl (C=O) groups excluding carboxylic acids is 1. The molecule has 0 bridgehead atoms. The van der Waals surface area contributed by atoms with Crippen LogP contribution in [-0.4, -0.2) is 17.4 Å². The van der Waals surface area contributed by atoms with E-state index in [4.69, 9.17) is 0 Å². The van der Waals surface area contributed by atoms with E-state index < -0.39 is 0 Å². The monoisotopic (exact) mass is 248 g/mol. The summed E-state index contributed by atoms with van der Waals surface area (Å²) < 4.78 is 0. The van der Waals surface area contributed by atoms with Crippen molar-refractivity contribution < 1.29 is 4.79 Å². The van der Waals surface area contributed by atoms with Crippen LogP contribution in [0.5, 0.6) is 0 Å². The van der Waals surface area contributed by atoms with Crippen LogP contribution in [0.2, 0.25) is 0 Å². The van der Waals surface area contributed by atoms with Crippen molar-refractivity contribution in [3.8, 4) is 0 Å². The van der Waals surface area contributed by atoms with Crippen molar-refractivity contribution in [1.82, 2.24) is 10.3 Å². The predicted octanol–water partition coefficient (Wildman–Crippen LogP) is 3.05. The molecule has 100 valence electrons. The van der Waals surface area contributed by atoms with Crippen LogP contribution in [0.1, 0.15) is 43.6 Å². The van der Waals surface area contributed by atoms with E-state index in [1.165, 1.54) is 0 Å². The Balaban J connectivity index is 2.60. The molecule has 1 amide bonds. The molecule has 3 nitrogen and oxygen atoms in total. The summed E-state index contributed by atoms with van der Waals surface area (Å²) >= 11 is 0. The number of rotatable bonds is 5. The van der Waals surface area contributed by atoms with Gasteiger partial charge in [-0.2, -0.15) is 0 Å². The maximum absolute atomic E-state index is 12.0. The molecule has 1 N–H and O–H groups in total. The number of pyridine rings is 1. The number of carbonyl (C=O) groups is 1. The molecular formula is C15H24N2O. The van der Waals surface area contributed by atoms with E-state index in [0.717, 1.165) is 12.1 Å². The van der Waals surface area contributed by atoms with Gasteiger partial charge in [0.15, 0.2) is 0 Å². The van der Waals surface area contributed by atoms with E-state index >= 15 is 0 Å². The first-order valence-electron chi connectivity index (χ1n) is 6.61. The Hall–Kier alpha value is -1.38. The topological polar surface area (TPSA) is 42.0 Å². The highest BCUT2D eigenvalue weighted by atomic mass is 16.1. The van der Waals surface area contributed by atoms with Gasteiger partial charge in [-0.15, -0.1) is 0 Å². The highest BCUT2D eigenvalue weighted by molar-refractivity contribution is 5.93. The van der Waals surface area contributed by atoms with Gasteiger partial charge in [0.25, 0.3) is 5.91 Å². The highest BCUT2D eigenvalue weighted by Crippen LogP contribution is 2.19. The van der Waals surface area contributed by atoms with Gasteiger partial charge in [0, 0.05) is 18.9 Å². The molecule has 0 aliphatic rings. The Morgan fingerprint density at radius 3 is 2.33 bits per heavy atom. The maximum Gasteiger partial charge on any atom is 0.252 e. The van der Waals surface area contributed by atoms with E-state index in [9.17, 15) is 4.79 Å². The van der Waals surface area contributed by atoms with Gasteiger partial charge >= 0.3 is 0 Å². The molecule has 0 atom stereocenters. The van der Waals surface area contributed by atoms with Crippen LogP contribution >= 0.6 is 0 Å². The minimum atomic E-state index is -0.0301. The van der Waals surface area contributed by atoms with Crippen molar-refractivity contribution >= 4 is 5.91 Å². The summed E-state index contributed by atoms with van der Waals surface area (Å²) in [5.41, 5.74) is 1.65. The van der Waals surface area contributed by atoms with E-state index in [1.807, 2.05) is 13.0 Å². The van der Waals surface area contributed by atoms with Gasteiger partial charge in [-0.05, 0) is 36.3 Å². The first kappa shape index (κ1) is 14.7. The molecule has 3 heteroatoms. The third-order valence-corrected chi connectivity index (χ3v) is 3.35. The summed E-state index contributed by atoms with van der Waals surface area (Å²) in [6.45, 7) is 11.5. The highest BCUT2D eigenvalue weighted by Gasteiger charge is 2.18. The summed E-state index contributed by atoms with van der Waals surface area (Å²) in [4.78, 5) is 16.0. The van der Waals surface area contributed by atoms with E-state index in [1.54, 1.807) is 12.4 Å². The maximum atomic E-state index is 12.0. The van der Waals surface area contributed by atoms with Crippen molar-refractivity contribution in [3.05, 3.63) is 29.6 Å². The number of amides is 1. The third kappa shape index (κ3) is 4.13. The first-order chi connectivity index (χ1) is 8.41.